The SMILES string of the molecule is CCOC(=O)N1CCN(CC(=O)Nc2ccc(OCC)c(OCC)c2)CC1. The molecule has 1 aromatic rings. The average Bonchev–Trinajstić information content (AvgIpc) is 2.65. The summed E-state index contributed by atoms with van der Waals surface area (Å²) < 4.78 is 16.1. The van der Waals surface area contributed by atoms with Crippen LogP contribution in [-0.2, 0) is 9.53 Å². The molecule has 1 N–H and O–H groups in total. The third-order valence-electron chi connectivity index (χ3n) is 4.09. The number of nitrogens with zero attached hydrogens (tertiary/aromatic N) is 2. The number of rotatable bonds is 8. The molecular weight excluding hydrogens is 350 g/mol. The Bertz CT molecular complexity index is 630. The van der Waals surface area contributed by atoms with E-state index in [0.29, 0.717) is 63.2 Å². The minimum Gasteiger partial charge on any atom is -0.490 e. The van der Waals surface area contributed by atoms with Crippen LogP contribution in [0.4, 0.5) is 10.5 Å². The van der Waals surface area contributed by atoms with Crippen LogP contribution in [0.5, 0.6) is 11.5 Å². The van der Waals surface area contributed by atoms with Gasteiger partial charge >= 0.3 is 6.09 Å². The van der Waals surface area contributed by atoms with Gasteiger partial charge in [0.1, 0.15) is 0 Å². The van der Waals surface area contributed by atoms with Crippen LogP contribution < -0.4 is 14.8 Å². The minimum atomic E-state index is -0.292. The molecule has 0 saturated carbocycles. The van der Waals surface area contributed by atoms with E-state index in [1.807, 2.05) is 18.7 Å². The van der Waals surface area contributed by atoms with Gasteiger partial charge in [0.2, 0.25) is 5.91 Å². The summed E-state index contributed by atoms with van der Waals surface area (Å²) in [5.41, 5.74) is 0.664. The third-order valence-corrected chi connectivity index (χ3v) is 4.09. The van der Waals surface area contributed by atoms with E-state index >= 15 is 0 Å². The Balaban J connectivity index is 1.85. The van der Waals surface area contributed by atoms with Gasteiger partial charge in [-0.1, -0.05) is 0 Å². The molecule has 2 amide bonds. The summed E-state index contributed by atoms with van der Waals surface area (Å²) in [6.45, 7) is 9.69. The summed E-state index contributed by atoms with van der Waals surface area (Å²) >= 11 is 0. The standard InChI is InChI=1S/C19H29N3O5/c1-4-25-16-8-7-15(13-17(16)26-5-2)20-18(23)14-21-9-11-22(12-10-21)19(24)27-6-3/h7-8,13H,4-6,9-12,14H2,1-3H3,(H,20,23). The van der Waals surface area contributed by atoms with Gasteiger partial charge in [-0.3, -0.25) is 9.69 Å². The molecular formula is C19H29N3O5. The quantitative estimate of drug-likeness (QED) is 0.746. The highest BCUT2D eigenvalue weighted by Crippen LogP contribution is 2.30. The van der Waals surface area contributed by atoms with Crippen molar-refractivity contribution in [2.75, 3.05) is 57.9 Å². The Labute approximate surface area is 160 Å². The summed E-state index contributed by atoms with van der Waals surface area (Å²) in [7, 11) is 0. The van der Waals surface area contributed by atoms with Crippen molar-refractivity contribution >= 4 is 17.7 Å². The van der Waals surface area contributed by atoms with Gasteiger partial charge in [-0.15, -0.1) is 0 Å². The van der Waals surface area contributed by atoms with E-state index in [4.69, 9.17) is 14.2 Å². The van der Waals surface area contributed by atoms with Gasteiger partial charge in [0.25, 0.3) is 0 Å². The lowest BCUT2D eigenvalue weighted by atomic mass is 10.2. The molecule has 2 rings (SSSR count). The molecule has 150 valence electrons. The van der Waals surface area contributed by atoms with E-state index in [9.17, 15) is 9.59 Å². The van der Waals surface area contributed by atoms with E-state index < -0.39 is 0 Å². The zero-order chi connectivity index (χ0) is 19.6. The second-order valence-electron chi connectivity index (χ2n) is 6.04. The fourth-order valence-corrected chi connectivity index (χ4v) is 2.84. The Hall–Kier alpha value is -2.48. The Morgan fingerprint density at radius 3 is 2.26 bits per heavy atom. The summed E-state index contributed by atoms with van der Waals surface area (Å²) in [6.07, 6.45) is -0.292. The van der Waals surface area contributed by atoms with Crippen molar-refractivity contribution in [3.05, 3.63) is 18.2 Å². The first kappa shape index (κ1) is 20.8. The first-order valence-corrected chi connectivity index (χ1v) is 9.40. The highest BCUT2D eigenvalue weighted by Gasteiger charge is 2.23. The van der Waals surface area contributed by atoms with Gasteiger partial charge in [-0.05, 0) is 32.9 Å². The highest BCUT2D eigenvalue weighted by molar-refractivity contribution is 5.92. The van der Waals surface area contributed by atoms with Crippen LogP contribution in [0.2, 0.25) is 0 Å². The number of benzene rings is 1. The van der Waals surface area contributed by atoms with Crippen LogP contribution in [0.1, 0.15) is 20.8 Å². The third kappa shape index (κ3) is 6.32. The maximum Gasteiger partial charge on any atom is 0.409 e. The number of nitrogens with one attached hydrogen (secondary N) is 1. The zero-order valence-electron chi connectivity index (χ0n) is 16.3. The van der Waals surface area contributed by atoms with Crippen molar-refractivity contribution in [3.8, 4) is 11.5 Å². The normalized spacial score (nSPS) is 14.6. The molecule has 0 radical (unpaired) electrons. The van der Waals surface area contributed by atoms with Crippen molar-refractivity contribution in [2.24, 2.45) is 0 Å². The molecule has 27 heavy (non-hydrogen) atoms. The lowest BCUT2D eigenvalue weighted by Gasteiger charge is -2.33. The van der Waals surface area contributed by atoms with Crippen molar-refractivity contribution in [2.45, 2.75) is 20.8 Å². The highest BCUT2D eigenvalue weighted by atomic mass is 16.6. The maximum atomic E-state index is 12.3. The predicted molar refractivity (Wildman–Crippen MR) is 102 cm³/mol. The number of carbonyl (C=O) groups excluding carboxylic acids is 2. The molecule has 0 bridgehead atoms. The largest absolute Gasteiger partial charge is 0.490 e. The lowest BCUT2D eigenvalue weighted by Crippen LogP contribution is -2.50. The van der Waals surface area contributed by atoms with Crippen LogP contribution in [0.15, 0.2) is 18.2 Å². The average molecular weight is 379 g/mol. The second kappa shape index (κ2) is 10.6. The number of ether oxygens (including phenoxy) is 3. The fraction of sp³-hybridized carbons (Fsp3) is 0.579. The van der Waals surface area contributed by atoms with E-state index in [1.54, 1.807) is 30.0 Å². The number of carbonyl (C=O) groups is 2. The zero-order valence-corrected chi connectivity index (χ0v) is 16.3. The Kier molecular flexibility index (Phi) is 8.19. The van der Waals surface area contributed by atoms with Crippen LogP contribution in [-0.4, -0.2) is 74.3 Å². The summed E-state index contributed by atoms with van der Waals surface area (Å²) in [4.78, 5) is 27.7. The number of piperazine rings is 1. The van der Waals surface area contributed by atoms with E-state index in [-0.39, 0.29) is 18.5 Å². The molecule has 1 saturated heterocycles. The van der Waals surface area contributed by atoms with Crippen molar-refractivity contribution in [1.29, 1.82) is 0 Å². The molecule has 1 aliphatic heterocycles. The van der Waals surface area contributed by atoms with Crippen LogP contribution >= 0.6 is 0 Å². The van der Waals surface area contributed by atoms with Gasteiger partial charge in [0.05, 0.1) is 26.4 Å². The molecule has 1 heterocycles. The summed E-state index contributed by atoms with van der Waals surface area (Å²) in [5, 5.41) is 2.89. The Morgan fingerprint density at radius 1 is 0.963 bits per heavy atom. The first-order valence-electron chi connectivity index (χ1n) is 9.40. The van der Waals surface area contributed by atoms with E-state index in [0.717, 1.165) is 0 Å². The second-order valence-corrected chi connectivity index (χ2v) is 6.04. The summed E-state index contributed by atoms with van der Waals surface area (Å²) in [5.74, 6) is 1.17. The van der Waals surface area contributed by atoms with Gasteiger partial charge in [0, 0.05) is 37.9 Å². The molecule has 0 aromatic heterocycles. The smallest absolute Gasteiger partial charge is 0.409 e. The van der Waals surface area contributed by atoms with Crippen LogP contribution in [0, 0.1) is 0 Å². The number of anilines is 1. The molecule has 1 aliphatic rings. The monoisotopic (exact) mass is 379 g/mol. The van der Waals surface area contributed by atoms with Gasteiger partial charge in [0.15, 0.2) is 11.5 Å². The van der Waals surface area contributed by atoms with Crippen LogP contribution in [0.3, 0.4) is 0 Å². The molecule has 1 fully saturated rings. The first-order chi connectivity index (χ1) is 13.1. The topological polar surface area (TPSA) is 80.3 Å². The van der Waals surface area contributed by atoms with Crippen LogP contribution in [0.25, 0.3) is 0 Å². The molecule has 0 unspecified atom stereocenters. The molecule has 1 aromatic carbocycles. The van der Waals surface area contributed by atoms with Gasteiger partial charge < -0.3 is 24.4 Å². The van der Waals surface area contributed by atoms with E-state index in [2.05, 4.69) is 5.32 Å². The fourth-order valence-electron chi connectivity index (χ4n) is 2.84. The van der Waals surface area contributed by atoms with Gasteiger partial charge in [-0.2, -0.15) is 0 Å². The van der Waals surface area contributed by atoms with Gasteiger partial charge in [-0.25, -0.2) is 4.79 Å². The molecule has 0 spiro atoms. The number of amides is 2. The lowest BCUT2D eigenvalue weighted by molar-refractivity contribution is -0.117. The molecule has 8 heteroatoms. The van der Waals surface area contributed by atoms with E-state index in [1.165, 1.54) is 0 Å². The number of hydrogen-bond donors (Lipinski definition) is 1. The molecule has 0 aliphatic carbocycles. The van der Waals surface area contributed by atoms with Crippen molar-refractivity contribution in [1.82, 2.24) is 9.80 Å². The Morgan fingerprint density at radius 2 is 1.63 bits per heavy atom. The minimum absolute atomic E-state index is 0.105. The molecule has 8 nitrogen and oxygen atoms in total. The summed E-state index contributed by atoms with van der Waals surface area (Å²) in [6, 6.07) is 5.36. The molecule has 0 atom stereocenters. The number of hydrogen-bond acceptors (Lipinski definition) is 6. The van der Waals surface area contributed by atoms with Crippen molar-refractivity contribution < 1.29 is 23.8 Å². The predicted octanol–water partition coefficient (Wildman–Crippen LogP) is 2.20. The maximum absolute atomic E-state index is 12.3. The van der Waals surface area contributed by atoms with Crippen molar-refractivity contribution in [3.63, 3.8) is 0 Å².